The van der Waals surface area contributed by atoms with Gasteiger partial charge in [-0.25, -0.2) is 0 Å². The second kappa shape index (κ2) is 5.84. The van der Waals surface area contributed by atoms with Gasteiger partial charge in [-0.2, -0.15) is 0 Å². The van der Waals surface area contributed by atoms with Crippen LogP contribution in [0.2, 0.25) is 10.0 Å². The molecule has 0 aromatic heterocycles. The molecule has 0 spiro atoms. The molecule has 4 nitrogen and oxygen atoms in total. The van der Waals surface area contributed by atoms with Crippen LogP contribution < -0.4 is 14.8 Å². The summed E-state index contributed by atoms with van der Waals surface area (Å²) in [7, 11) is 0. The molecule has 0 unspecified atom stereocenters. The third-order valence-electron chi connectivity index (χ3n) is 2.92. The zero-order valence-electron chi connectivity index (χ0n) is 10.9. The van der Waals surface area contributed by atoms with Crippen LogP contribution in [0.3, 0.4) is 0 Å². The number of rotatable bonds is 2. The Balaban J connectivity index is 1.82. The smallest absolute Gasteiger partial charge is 0.255 e. The molecule has 2 aromatic carbocycles. The molecule has 1 N–H and O–H groups in total. The second-order valence-corrected chi connectivity index (χ2v) is 5.34. The molecule has 0 atom stereocenters. The maximum atomic E-state index is 12.2. The molecule has 0 radical (unpaired) electrons. The molecule has 0 saturated heterocycles. The van der Waals surface area contributed by atoms with E-state index in [1.165, 1.54) is 0 Å². The van der Waals surface area contributed by atoms with Crippen molar-refractivity contribution in [1.82, 2.24) is 0 Å². The van der Waals surface area contributed by atoms with Crippen molar-refractivity contribution in [3.05, 3.63) is 52.0 Å². The van der Waals surface area contributed by atoms with Gasteiger partial charge in [0.05, 0.1) is 0 Å². The average Bonchev–Trinajstić information content (AvgIpc) is 2.45. The van der Waals surface area contributed by atoms with Crippen molar-refractivity contribution >= 4 is 34.8 Å². The number of carbonyl (C=O) groups is 1. The molecule has 1 aliphatic rings. The molecule has 1 aliphatic heterocycles. The van der Waals surface area contributed by atoms with Crippen molar-refractivity contribution in [2.24, 2.45) is 0 Å². The number of halogens is 2. The molecule has 0 saturated carbocycles. The fourth-order valence-corrected chi connectivity index (χ4v) is 2.54. The van der Waals surface area contributed by atoms with Gasteiger partial charge in [0.15, 0.2) is 11.5 Å². The number of hydrogen-bond acceptors (Lipinski definition) is 3. The molecule has 0 fully saturated rings. The minimum Gasteiger partial charge on any atom is -0.486 e. The van der Waals surface area contributed by atoms with Gasteiger partial charge in [0.2, 0.25) is 0 Å². The Morgan fingerprint density at radius 3 is 2.33 bits per heavy atom. The zero-order valence-corrected chi connectivity index (χ0v) is 12.4. The van der Waals surface area contributed by atoms with Gasteiger partial charge in [0.1, 0.15) is 13.2 Å². The lowest BCUT2D eigenvalue weighted by Gasteiger charge is -2.18. The van der Waals surface area contributed by atoms with Crippen molar-refractivity contribution in [2.45, 2.75) is 0 Å². The number of hydrogen-bond donors (Lipinski definition) is 1. The van der Waals surface area contributed by atoms with Gasteiger partial charge in [0.25, 0.3) is 5.91 Å². The molecule has 0 aliphatic carbocycles. The van der Waals surface area contributed by atoms with E-state index in [0.717, 1.165) is 0 Å². The fraction of sp³-hybridized carbons (Fsp3) is 0.133. The summed E-state index contributed by atoms with van der Waals surface area (Å²) in [6.45, 7) is 0.988. The standard InChI is InChI=1S/C15H11Cl2NO3/c16-10-6-11(17)8-12(7-10)18-15(19)9-1-2-13-14(5-9)21-4-3-20-13/h1-2,5-8H,3-4H2,(H,18,19). The molecular formula is C15H11Cl2NO3. The summed E-state index contributed by atoms with van der Waals surface area (Å²) in [4.78, 5) is 12.2. The number of nitrogens with one attached hydrogen (secondary N) is 1. The molecule has 0 bridgehead atoms. The van der Waals surface area contributed by atoms with Crippen LogP contribution in [0.25, 0.3) is 0 Å². The van der Waals surface area contributed by atoms with Gasteiger partial charge >= 0.3 is 0 Å². The summed E-state index contributed by atoms with van der Waals surface area (Å²) in [5.74, 6) is 0.937. The fourth-order valence-electron chi connectivity index (χ4n) is 2.01. The van der Waals surface area contributed by atoms with Gasteiger partial charge in [-0.1, -0.05) is 23.2 Å². The van der Waals surface area contributed by atoms with E-state index in [4.69, 9.17) is 32.7 Å². The minimum atomic E-state index is -0.273. The predicted octanol–water partition coefficient (Wildman–Crippen LogP) is 4.02. The van der Waals surface area contributed by atoms with Crippen LogP contribution in [0.4, 0.5) is 5.69 Å². The lowest BCUT2D eigenvalue weighted by Crippen LogP contribution is -2.17. The summed E-state index contributed by atoms with van der Waals surface area (Å²) in [6.07, 6.45) is 0. The van der Waals surface area contributed by atoms with E-state index in [0.29, 0.717) is 46.0 Å². The van der Waals surface area contributed by atoms with E-state index in [1.807, 2.05) is 0 Å². The molecule has 2 aromatic rings. The molecule has 1 amide bonds. The van der Waals surface area contributed by atoms with Crippen molar-refractivity contribution in [1.29, 1.82) is 0 Å². The lowest BCUT2D eigenvalue weighted by molar-refractivity contribution is 0.102. The first-order valence-electron chi connectivity index (χ1n) is 6.29. The predicted molar refractivity (Wildman–Crippen MR) is 81.8 cm³/mol. The molecule has 3 rings (SSSR count). The van der Waals surface area contributed by atoms with Crippen molar-refractivity contribution in [3.8, 4) is 11.5 Å². The SMILES string of the molecule is O=C(Nc1cc(Cl)cc(Cl)c1)c1ccc2c(c1)OCCO2. The molecular weight excluding hydrogens is 313 g/mol. The average molecular weight is 324 g/mol. The third-order valence-corrected chi connectivity index (χ3v) is 3.36. The number of fused-ring (bicyclic) bond motifs is 1. The second-order valence-electron chi connectivity index (χ2n) is 4.47. The van der Waals surface area contributed by atoms with Crippen LogP contribution in [0.1, 0.15) is 10.4 Å². The van der Waals surface area contributed by atoms with Crippen LogP contribution in [-0.4, -0.2) is 19.1 Å². The van der Waals surface area contributed by atoms with Gasteiger partial charge < -0.3 is 14.8 Å². The Kier molecular flexibility index (Phi) is 3.90. The minimum absolute atomic E-state index is 0.273. The van der Waals surface area contributed by atoms with E-state index in [1.54, 1.807) is 36.4 Å². The van der Waals surface area contributed by atoms with E-state index in [2.05, 4.69) is 5.32 Å². The molecule has 1 heterocycles. The van der Waals surface area contributed by atoms with Gasteiger partial charge in [-0.05, 0) is 36.4 Å². The highest BCUT2D eigenvalue weighted by Gasteiger charge is 2.15. The van der Waals surface area contributed by atoms with E-state index in [-0.39, 0.29) is 5.91 Å². The molecule has 6 heteroatoms. The summed E-state index contributed by atoms with van der Waals surface area (Å²) in [5.41, 5.74) is 1.00. The van der Waals surface area contributed by atoms with Crippen LogP contribution in [0.15, 0.2) is 36.4 Å². The highest BCUT2D eigenvalue weighted by molar-refractivity contribution is 6.35. The number of carbonyl (C=O) groups excluding carboxylic acids is 1. The third kappa shape index (κ3) is 3.23. The largest absolute Gasteiger partial charge is 0.486 e. The van der Waals surface area contributed by atoms with E-state index >= 15 is 0 Å². The highest BCUT2D eigenvalue weighted by atomic mass is 35.5. The Bertz CT molecular complexity index is 683. The van der Waals surface area contributed by atoms with Crippen LogP contribution in [0, 0.1) is 0 Å². The van der Waals surface area contributed by atoms with Gasteiger partial charge in [-0.15, -0.1) is 0 Å². The van der Waals surface area contributed by atoms with Gasteiger partial charge in [-0.3, -0.25) is 4.79 Å². The topological polar surface area (TPSA) is 47.6 Å². The van der Waals surface area contributed by atoms with E-state index in [9.17, 15) is 4.79 Å². The monoisotopic (exact) mass is 323 g/mol. The molecule has 21 heavy (non-hydrogen) atoms. The highest BCUT2D eigenvalue weighted by Crippen LogP contribution is 2.31. The Morgan fingerprint density at radius 1 is 0.952 bits per heavy atom. The zero-order chi connectivity index (χ0) is 14.8. The van der Waals surface area contributed by atoms with E-state index < -0.39 is 0 Å². The summed E-state index contributed by atoms with van der Waals surface area (Å²) < 4.78 is 10.9. The summed E-state index contributed by atoms with van der Waals surface area (Å²) in [6, 6.07) is 9.90. The maximum Gasteiger partial charge on any atom is 0.255 e. The Labute approximate surface area is 131 Å². The first-order chi connectivity index (χ1) is 10.1. The number of benzene rings is 2. The number of anilines is 1. The number of ether oxygens (including phenoxy) is 2. The Morgan fingerprint density at radius 2 is 1.62 bits per heavy atom. The summed E-state index contributed by atoms with van der Waals surface area (Å²) in [5, 5.41) is 3.66. The quantitative estimate of drug-likeness (QED) is 0.908. The normalized spacial score (nSPS) is 12.9. The number of amides is 1. The van der Waals surface area contributed by atoms with Crippen LogP contribution >= 0.6 is 23.2 Å². The van der Waals surface area contributed by atoms with Crippen molar-refractivity contribution < 1.29 is 14.3 Å². The first kappa shape index (κ1) is 14.0. The summed E-state index contributed by atoms with van der Waals surface area (Å²) >= 11 is 11.8. The lowest BCUT2D eigenvalue weighted by atomic mass is 10.1. The van der Waals surface area contributed by atoms with Gasteiger partial charge in [0, 0.05) is 21.3 Å². The van der Waals surface area contributed by atoms with Crippen molar-refractivity contribution in [2.75, 3.05) is 18.5 Å². The van der Waals surface area contributed by atoms with Crippen molar-refractivity contribution in [3.63, 3.8) is 0 Å². The van der Waals surface area contributed by atoms with Crippen LogP contribution in [0.5, 0.6) is 11.5 Å². The maximum absolute atomic E-state index is 12.2. The first-order valence-corrected chi connectivity index (χ1v) is 7.04. The molecule has 108 valence electrons. The Hall–Kier alpha value is -1.91. The van der Waals surface area contributed by atoms with Crippen LogP contribution in [-0.2, 0) is 0 Å².